The number of carbonyl (C=O) groups is 3. The zero-order valence-corrected chi connectivity index (χ0v) is 18.4. The van der Waals surface area contributed by atoms with Crippen molar-refractivity contribution in [3.05, 3.63) is 30.1 Å². The van der Waals surface area contributed by atoms with E-state index in [1.165, 1.54) is 0 Å². The highest BCUT2D eigenvalue weighted by atomic mass is 28.3. The number of alkyl carbamates (subject to hydrolysis) is 1. The van der Waals surface area contributed by atoms with Crippen LogP contribution in [-0.2, 0) is 20.7 Å². The van der Waals surface area contributed by atoms with Crippen LogP contribution in [0.5, 0.6) is 0 Å². The Bertz CT molecular complexity index is 683. The Hall–Kier alpha value is -2.42. The summed E-state index contributed by atoms with van der Waals surface area (Å²) >= 11 is 0. The molecule has 156 valence electrons. The molecule has 0 aliphatic heterocycles. The maximum absolute atomic E-state index is 12.8. The normalized spacial score (nSPS) is 13.9. The first-order valence-electron chi connectivity index (χ1n) is 9.18. The number of aliphatic carboxylic acids is 1. The monoisotopic (exact) mass is 409 g/mol. The number of carboxylic acids is 1. The summed E-state index contributed by atoms with van der Waals surface area (Å²) in [6.45, 7) is 11.4. The molecule has 0 bridgehead atoms. The molecule has 0 unspecified atom stereocenters. The van der Waals surface area contributed by atoms with Gasteiger partial charge in [0, 0.05) is 26.9 Å². The smallest absolute Gasteiger partial charge is 0.408 e. The van der Waals surface area contributed by atoms with Crippen molar-refractivity contribution in [2.24, 2.45) is 0 Å². The van der Waals surface area contributed by atoms with E-state index in [0.29, 0.717) is 11.6 Å². The van der Waals surface area contributed by atoms with E-state index in [1.54, 1.807) is 45.3 Å². The van der Waals surface area contributed by atoms with Gasteiger partial charge in [-0.1, -0.05) is 25.7 Å². The second-order valence-corrected chi connectivity index (χ2v) is 14.5. The zero-order chi connectivity index (χ0) is 21.5. The van der Waals surface area contributed by atoms with Crippen LogP contribution in [0.4, 0.5) is 4.79 Å². The maximum Gasteiger partial charge on any atom is 0.408 e. The van der Waals surface area contributed by atoms with Crippen LogP contribution >= 0.6 is 0 Å². The molecular formula is C19H31N3O5Si. The van der Waals surface area contributed by atoms with Gasteiger partial charge in [-0.15, -0.1) is 0 Å². The van der Waals surface area contributed by atoms with Crippen LogP contribution in [0.15, 0.2) is 24.5 Å². The fourth-order valence-corrected chi connectivity index (χ4v) is 4.01. The molecule has 2 amide bonds. The van der Waals surface area contributed by atoms with E-state index >= 15 is 0 Å². The first kappa shape index (κ1) is 23.6. The van der Waals surface area contributed by atoms with Crippen molar-refractivity contribution in [1.82, 2.24) is 15.6 Å². The quantitative estimate of drug-likeness (QED) is 0.568. The van der Waals surface area contributed by atoms with Crippen LogP contribution in [0.1, 0.15) is 26.3 Å². The number of carboxylic acid groups (broad SMARTS) is 1. The maximum atomic E-state index is 12.8. The summed E-state index contributed by atoms with van der Waals surface area (Å²) in [7, 11) is -1.75. The molecule has 3 N–H and O–H groups in total. The lowest BCUT2D eigenvalue weighted by atomic mass is 10.1. The average molecular weight is 410 g/mol. The lowest BCUT2D eigenvalue weighted by Crippen LogP contribution is -2.54. The van der Waals surface area contributed by atoms with Crippen molar-refractivity contribution in [2.45, 2.75) is 70.6 Å². The number of pyridine rings is 1. The van der Waals surface area contributed by atoms with Crippen molar-refractivity contribution in [3.8, 4) is 0 Å². The Morgan fingerprint density at radius 3 is 2.29 bits per heavy atom. The van der Waals surface area contributed by atoms with E-state index in [2.05, 4.69) is 35.3 Å². The zero-order valence-electron chi connectivity index (χ0n) is 17.4. The Balaban J connectivity index is 2.90. The number of hydrogen-bond acceptors (Lipinski definition) is 5. The third kappa shape index (κ3) is 9.49. The topological polar surface area (TPSA) is 118 Å². The third-order valence-electron chi connectivity index (χ3n) is 3.60. The Labute approximate surface area is 167 Å². The molecule has 2 atom stereocenters. The number of amides is 2. The van der Waals surface area contributed by atoms with Gasteiger partial charge in [0.05, 0.1) is 0 Å². The molecule has 1 aromatic rings. The minimum Gasteiger partial charge on any atom is -0.480 e. The molecule has 0 fully saturated rings. The van der Waals surface area contributed by atoms with E-state index in [1.807, 2.05) is 0 Å². The summed E-state index contributed by atoms with van der Waals surface area (Å²) in [4.78, 5) is 40.5. The highest BCUT2D eigenvalue weighted by Gasteiger charge is 2.32. The fourth-order valence-electron chi connectivity index (χ4n) is 2.50. The van der Waals surface area contributed by atoms with Crippen molar-refractivity contribution in [2.75, 3.05) is 0 Å². The Morgan fingerprint density at radius 2 is 1.82 bits per heavy atom. The van der Waals surface area contributed by atoms with Crippen LogP contribution in [0, 0.1) is 0 Å². The molecule has 0 saturated carbocycles. The predicted octanol–water partition coefficient (Wildman–Crippen LogP) is 2.42. The number of nitrogens with zero attached hydrogens (tertiary/aromatic N) is 1. The second kappa shape index (κ2) is 9.68. The SMILES string of the molecule is CC(C)(C)OC(=O)N[C@H](C[Si](C)(C)C)C(=O)N[C@@H](Cc1cccnc1)C(=O)O. The van der Waals surface area contributed by atoms with Gasteiger partial charge in [-0.25, -0.2) is 9.59 Å². The van der Waals surface area contributed by atoms with Gasteiger partial charge in [0.15, 0.2) is 0 Å². The van der Waals surface area contributed by atoms with Gasteiger partial charge < -0.3 is 20.5 Å². The molecular weight excluding hydrogens is 378 g/mol. The molecule has 0 radical (unpaired) electrons. The predicted molar refractivity (Wildman–Crippen MR) is 109 cm³/mol. The fraction of sp³-hybridized carbons (Fsp3) is 0.579. The standard InChI is InChI=1S/C19H31N3O5Si/c1-19(2,3)27-18(26)22-15(12-28(4,5)6)16(23)21-14(17(24)25)10-13-8-7-9-20-11-13/h7-9,11,14-15H,10,12H2,1-6H3,(H,21,23)(H,22,26)(H,24,25)/t14-,15+/m0/s1. The van der Waals surface area contributed by atoms with E-state index in [9.17, 15) is 19.5 Å². The molecule has 0 aliphatic carbocycles. The Kier molecular flexibility index (Phi) is 8.16. The highest BCUT2D eigenvalue weighted by Crippen LogP contribution is 2.14. The molecule has 1 rings (SSSR count). The molecule has 1 heterocycles. The lowest BCUT2D eigenvalue weighted by molar-refractivity contribution is -0.142. The highest BCUT2D eigenvalue weighted by molar-refractivity contribution is 6.76. The van der Waals surface area contributed by atoms with E-state index < -0.39 is 43.7 Å². The summed E-state index contributed by atoms with van der Waals surface area (Å²) in [6.07, 6.45) is 2.54. The van der Waals surface area contributed by atoms with Crippen molar-refractivity contribution in [3.63, 3.8) is 0 Å². The summed E-state index contributed by atoms with van der Waals surface area (Å²) in [6, 6.07) is 1.91. The Morgan fingerprint density at radius 1 is 1.18 bits per heavy atom. The molecule has 0 spiro atoms. The van der Waals surface area contributed by atoms with Gasteiger partial charge in [-0.05, 0) is 38.4 Å². The van der Waals surface area contributed by atoms with Gasteiger partial charge in [0.1, 0.15) is 17.7 Å². The van der Waals surface area contributed by atoms with Crippen molar-refractivity contribution < 1.29 is 24.2 Å². The second-order valence-electron chi connectivity index (χ2n) is 8.93. The van der Waals surface area contributed by atoms with E-state index in [0.717, 1.165) is 0 Å². The van der Waals surface area contributed by atoms with Crippen LogP contribution in [0.3, 0.4) is 0 Å². The van der Waals surface area contributed by atoms with Gasteiger partial charge in [0.25, 0.3) is 0 Å². The largest absolute Gasteiger partial charge is 0.480 e. The minimum absolute atomic E-state index is 0.0982. The van der Waals surface area contributed by atoms with Crippen LogP contribution in [0.2, 0.25) is 25.7 Å². The minimum atomic E-state index is -1.75. The van der Waals surface area contributed by atoms with E-state index in [4.69, 9.17) is 4.74 Å². The van der Waals surface area contributed by atoms with Crippen LogP contribution in [-0.4, -0.2) is 53.8 Å². The molecule has 1 aromatic heterocycles. The molecule has 8 nitrogen and oxygen atoms in total. The number of aromatic nitrogens is 1. The van der Waals surface area contributed by atoms with Crippen molar-refractivity contribution >= 4 is 26.0 Å². The molecule has 28 heavy (non-hydrogen) atoms. The first-order valence-corrected chi connectivity index (χ1v) is 12.9. The molecule has 9 heteroatoms. The average Bonchev–Trinajstić information content (AvgIpc) is 2.51. The summed E-state index contributed by atoms with van der Waals surface area (Å²) in [5.74, 6) is -1.69. The molecule has 0 aromatic carbocycles. The molecule has 0 saturated heterocycles. The van der Waals surface area contributed by atoms with Gasteiger partial charge in [0.2, 0.25) is 5.91 Å². The number of hydrogen-bond donors (Lipinski definition) is 3. The van der Waals surface area contributed by atoms with Gasteiger partial charge in [-0.3, -0.25) is 9.78 Å². The lowest BCUT2D eigenvalue weighted by Gasteiger charge is -2.27. The van der Waals surface area contributed by atoms with Crippen LogP contribution in [0.25, 0.3) is 0 Å². The number of carbonyl (C=O) groups excluding carboxylic acids is 2. The third-order valence-corrected chi connectivity index (χ3v) is 5.23. The van der Waals surface area contributed by atoms with E-state index in [-0.39, 0.29) is 6.42 Å². The summed E-state index contributed by atoms with van der Waals surface area (Å²) in [5.41, 5.74) is -0.00851. The van der Waals surface area contributed by atoms with Gasteiger partial charge >= 0.3 is 12.1 Å². The number of rotatable bonds is 8. The first-order chi connectivity index (χ1) is 12.8. The summed E-state index contributed by atoms with van der Waals surface area (Å²) in [5, 5.41) is 14.6. The molecule has 0 aliphatic rings. The number of nitrogens with one attached hydrogen (secondary N) is 2. The van der Waals surface area contributed by atoms with Gasteiger partial charge in [-0.2, -0.15) is 0 Å². The number of ether oxygens (including phenoxy) is 1. The summed E-state index contributed by atoms with van der Waals surface area (Å²) < 4.78 is 5.24. The van der Waals surface area contributed by atoms with Crippen LogP contribution < -0.4 is 10.6 Å². The van der Waals surface area contributed by atoms with Crippen molar-refractivity contribution in [1.29, 1.82) is 0 Å².